The number of carbonyl (C=O) groups is 2. The lowest BCUT2D eigenvalue weighted by Crippen LogP contribution is -1.99. The van der Waals surface area contributed by atoms with Gasteiger partial charge in [0.05, 0.1) is 0 Å². The maximum atomic E-state index is 11.2. The van der Waals surface area contributed by atoms with Crippen LogP contribution >= 0.6 is 0 Å². The molecule has 0 unspecified atom stereocenters. The van der Waals surface area contributed by atoms with Crippen LogP contribution in [0.1, 0.15) is 5.56 Å². The van der Waals surface area contributed by atoms with Crippen LogP contribution < -0.4 is 0 Å². The van der Waals surface area contributed by atoms with E-state index in [0.717, 1.165) is 17.7 Å². The van der Waals surface area contributed by atoms with Crippen LogP contribution in [0.4, 0.5) is 0 Å². The van der Waals surface area contributed by atoms with E-state index in [9.17, 15) is 9.59 Å². The van der Waals surface area contributed by atoms with Crippen LogP contribution in [0.5, 0.6) is 0 Å². The quantitative estimate of drug-likeness (QED) is 0.731. The van der Waals surface area contributed by atoms with Crippen molar-refractivity contribution >= 4 is 11.8 Å². The highest BCUT2D eigenvalue weighted by Gasteiger charge is 1.99. The third-order valence-electron chi connectivity index (χ3n) is 1.63. The number of rotatable bonds is 4. The van der Waals surface area contributed by atoms with Crippen LogP contribution in [0.25, 0.3) is 0 Å². The van der Waals surface area contributed by atoms with Crippen molar-refractivity contribution in [3.63, 3.8) is 0 Å². The zero-order valence-corrected chi connectivity index (χ0v) is 7.51. The number of aliphatic carboxylic acids is 1. The van der Waals surface area contributed by atoms with E-state index in [1.54, 1.807) is 0 Å². The summed E-state index contributed by atoms with van der Waals surface area (Å²) in [6, 6.07) is 9.19. The molecule has 1 aromatic carbocycles. The van der Waals surface area contributed by atoms with Gasteiger partial charge in [-0.3, -0.25) is 4.79 Å². The van der Waals surface area contributed by atoms with E-state index in [-0.39, 0.29) is 12.2 Å². The normalized spacial score (nSPS) is 10.3. The first-order valence-corrected chi connectivity index (χ1v) is 4.16. The molecule has 0 aliphatic carbocycles. The Kier molecular flexibility index (Phi) is 3.61. The van der Waals surface area contributed by atoms with Crippen molar-refractivity contribution in [1.82, 2.24) is 0 Å². The highest BCUT2D eigenvalue weighted by atomic mass is 16.4. The molecule has 0 saturated heterocycles. The Bertz CT molecular complexity index is 352. The number of carboxylic acid groups (broad SMARTS) is 1. The van der Waals surface area contributed by atoms with Gasteiger partial charge >= 0.3 is 5.97 Å². The molecule has 0 spiro atoms. The topological polar surface area (TPSA) is 54.4 Å². The summed E-state index contributed by atoms with van der Waals surface area (Å²) < 4.78 is 0. The predicted octanol–water partition coefficient (Wildman–Crippen LogP) is 1.44. The Hall–Kier alpha value is -1.90. The summed E-state index contributed by atoms with van der Waals surface area (Å²) in [5.41, 5.74) is 0.882. The zero-order chi connectivity index (χ0) is 10.4. The predicted molar refractivity (Wildman–Crippen MR) is 51.9 cm³/mol. The smallest absolute Gasteiger partial charge is 0.328 e. The van der Waals surface area contributed by atoms with Gasteiger partial charge in [0, 0.05) is 12.5 Å². The van der Waals surface area contributed by atoms with Crippen LogP contribution in [0.3, 0.4) is 0 Å². The van der Waals surface area contributed by atoms with E-state index in [0.29, 0.717) is 0 Å². The highest BCUT2D eigenvalue weighted by Crippen LogP contribution is 2.00. The number of ketones is 1. The van der Waals surface area contributed by atoms with Gasteiger partial charge < -0.3 is 5.11 Å². The average Bonchev–Trinajstić information content (AvgIpc) is 2.16. The highest BCUT2D eigenvalue weighted by molar-refractivity contribution is 5.96. The van der Waals surface area contributed by atoms with Crippen molar-refractivity contribution in [2.24, 2.45) is 0 Å². The van der Waals surface area contributed by atoms with Gasteiger partial charge in [0.2, 0.25) is 0 Å². The van der Waals surface area contributed by atoms with Crippen LogP contribution in [0.2, 0.25) is 0 Å². The largest absolute Gasteiger partial charge is 0.478 e. The van der Waals surface area contributed by atoms with E-state index in [1.807, 2.05) is 30.3 Å². The second kappa shape index (κ2) is 4.97. The first kappa shape index (κ1) is 10.2. The lowest BCUT2D eigenvalue weighted by atomic mass is 10.1. The van der Waals surface area contributed by atoms with E-state index in [2.05, 4.69) is 0 Å². The van der Waals surface area contributed by atoms with Crippen LogP contribution in [-0.4, -0.2) is 16.9 Å². The summed E-state index contributed by atoms with van der Waals surface area (Å²) >= 11 is 0. The van der Waals surface area contributed by atoms with Crippen molar-refractivity contribution in [2.75, 3.05) is 0 Å². The van der Waals surface area contributed by atoms with Crippen LogP contribution in [0, 0.1) is 0 Å². The number of allylic oxidation sites excluding steroid dienone is 1. The van der Waals surface area contributed by atoms with Gasteiger partial charge in [-0.05, 0) is 11.6 Å². The minimum absolute atomic E-state index is 0.210. The van der Waals surface area contributed by atoms with E-state index in [4.69, 9.17) is 5.11 Å². The first-order valence-electron chi connectivity index (χ1n) is 4.16. The second-order valence-electron chi connectivity index (χ2n) is 2.80. The molecule has 14 heavy (non-hydrogen) atoms. The molecule has 0 aliphatic rings. The summed E-state index contributed by atoms with van der Waals surface area (Å²) in [4.78, 5) is 21.3. The Morgan fingerprint density at radius 1 is 1.14 bits per heavy atom. The SMILES string of the molecule is O=C(O)C=CC(=O)Cc1ccccc1. The van der Waals surface area contributed by atoms with Crippen molar-refractivity contribution in [2.45, 2.75) is 6.42 Å². The fourth-order valence-electron chi connectivity index (χ4n) is 1.02. The minimum atomic E-state index is -1.11. The lowest BCUT2D eigenvalue weighted by Gasteiger charge is -1.95. The van der Waals surface area contributed by atoms with E-state index in [1.165, 1.54) is 0 Å². The number of carbonyl (C=O) groups excluding carboxylic acids is 1. The van der Waals surface area contributed by atoms with E-state index >= 15 is 0 Å². The molecule has 0 fully saturated rings. The molecule has 0 heterocycles. The molecule has 0 radical (unpaired) electrons. The summed E-state index contributed by atoms with van der Waals surface area (Å²) in [5, 5.41) is 8.29. The second-order valence-corrected chi connectivity index (χ2v) is 2.80. The van der Waals surface area contributed by atoms with Gasteiger partial charge in [0.25, 0.3) is 0 Å². The summed E-state index contributed by atoms with van der Waals surface area (Å²) in [7, 11) is 0. The fourth-order valence-corrected chi connectivity index (χ4v) is 1.02. The van der Waals surface area contributed by atoms with Gasteiger partial charge in [-0.15, -0.1) is 0 Å². The van der Waals surface area contributed by atoms with Crippen molar-refractivity contribution < 1.29 is 14.7 Å². The summed E-state index contributed by atoms with van der Waals surface area (Å²) in [6.07, 6.45) is 2.17. The number of benzene rings is 1. The molecule has 0 aliphatic heterocycles. The Labute approximate surface area is 81.7 Å². The molecule has 0 saturated carbocycles. The number of hydrogen-bond acceptors (Lipinski definition) is 2. The maximum absolute atomic E-state index is 11.2. The Balaban J connectivity index is 2.54. The van der Waals surface area contributed by atoms with E-state index < -0.39 is 5.97 Å². The molecule has 3 nitrogen and oxygen atoms in total. The Morgan fingerprint density at radius 3 is 2.36 bits per heavy atom. The van der Waals surface area contributed by atoms with Gasteiger partial charge in [0.15, 0.2) is 5.78 Å². The van der Waals surface area contributed by atoms with Crippen LogP contribution in [-0.2, 0) is 16.0 Å². The summed E-state index contributed by atoms with van der Waals surface area (Å²) in [5.74, 6) is -1.31. The molecule has 1 N–H and O–H groups in total. The van der Waals surface area contributed by atoms with Gasteiger partial charge in [-0.25, -0.2) is 4.79 Å². The number of hydrogen-bond donors (Lipinski definition) is 1. The lowest BCUT2D eigenvalue weighted by molar-refractivity contribution is -0.131. The molecular formula is C11H10O3. The molecule has 0 amide bonds. The zero-order valence-electron chi connectivity index (χ0n) is 7.51. The molecule has 1 rings (SSSR count). The Morgan fingerprint density at radius 2 is 1.79 bits per heavy atom. The van der Waals surface area contributed by atoms with Gasteiger partial charge in [0.1, 0.15) is 0 Å². The third kappa shape index (κ3) is 3.67. The molecule has 0 aromatic heterocycles. The van der Waals surface area contributed by atoms with Gasteiger partial charge in [-0.1, -0.05) is 30.3 Å². The van der Waals surface area contributed by atoms with Crippen molar-refractivity contribution in [3.05, 3.63) is 48.0 Å². The molecular weight excluding hydrogens is 180 g/mol. The molecule has 3 heteroatoms. The van der Waals surface area contributed by atoms with Crippen molar-refractivity contribution in [1.29, 1.82) is 0 Å². The van der Waals surface area contributed by atoms with Gasteiger partial charge in [-0.2, -0.15) is 0 Å². The monoisotopic (exact) mass is 190 g/mol. The first-order chi connectivity index (χ1) is 6.68. The molecule has 0 atom stereocenters. The molecule has 72 valence electrons. The standard InChI is InChI=1S/C11H10O3/c12-10(6-7-11(13)14)8-9-4-2-1-3-5-9/h1-7H,8H2,(H,13,14). The molecule has 0 bridgehead atoms. The minimum Gasteiger partial charge on any atom is -0.478 e. The average molecular weight is 190 g/mol. The maximum Gasteiger partial charge on any atom is 0.328 e. The van der Waals surface area contributed by atoms with Crippen LogP contribution in [0.15, 0.2) is 42.5 Å². The third-order valence-corrected chi connectivity index (χ3v) is 1.63. The van der Waals surface area contributed by atoms with Crippen molar-refractivity contribution in [3.8, 4) is 0 Å². The molecule has 1 aromatic rings. The summed E-state index contributed by atoms with van der Waals surface area (Å²) in [6.45, 7) is 0. The number of carboxylic acids is 1. The fraction of sp³-hybridized carbons (Fsp3) is 0.0909.